The summed E-state index contributed by atoms with van der Waals surface area (Å²) >= 11 is 5.80. The van der Waals surface area contributed by atoms with Gasteiger partial charge in [-0.05, 0) is 54.9 Å². The average Bonchev–Trinajstić information content (AvgIpc) is 2.68. The zero-order chi connectivity index (χ0) is 20.5. The van der Waals surface area contributed by atoms with Gasteiger partial charge in [-0.25, -0.2) is 0 Å². The third-order valence-corrected chi connectivity index (χ3v) is 4.32. The number of carboxylic acid groups (broad SMARTS) is 1. The lowest BCUT2D eigenvalue weighted by atomic mass is 10.1. The summed E-state index contributed by atoms with van der Waals surface area (Å²) in [6.45, 7) is 0.390. The summed E-state index contributed by atoms with van der Waals surface area (Å²) in [7, 11) is 3.12. The highest BCUT2D eigenvalue weighted by molar-refractivity contribution is 6.30. The smallest absolute Gasteiger partial charge is 0.321 e. The van der Waals surface area contributed by atoms with Gasteiger partial charge in [0.15, 0.2) is 11.5 Å². The van der Waals surface area contributed by atoms with Crippen molar-refractivity contribution in [2.75, 3.05) is 26.1 Å². The van der Waals surface area contributed by atoms with Crippen molar-refractivity contribution in [2.24, 2.45) is 0 Å². The Morgan fingerprint density at radius 1 is 1.07 bits per heavy atom. The first kappa shape index (κ1) is 21.5. The molecule has 0 saturated carbocycles. The Morgan fingerprint density at radius 2 is 1.75 bits per heavy atom. The van der Waals surface area contributed by atoms with Crippen LogP contribution in [0.5, 0.6) is 11.5 Å². The number of hydrogen-bond acceptors (Lipinski definition) is 5. The zero-order valence-electron chi connectivity index (χ0n) is 15.7. The van der Waals surface area contributed by atoms with Crippen LogP contribution in [0.25, 0.3) is 0 Å². The number of benzene rings is 2. The summed E-state index contributed by atoms with van der Waals surface area (Å²) < 4.78 is 10.5. The average molecular weight is 407 g/mol. The van der Waals surface area contributed by atoms with E-state index in [1.807, 2.05) is 12.1 Å². The molecule has 2 aromatic rings. The molecule has 0 heterocycles. The summed E-state index contributed by atoms with van der Waals surface area (Å²) in [5.74, 6) is -0.245. The number of rotatable bonds is 10. The summed E-state index contributed by atoms with van der Waals surface area (Å²) in [4.78, 5) is 23.6. The van der Waals surface area contributed by atoms with Crippen LogP contribution in [-0.2, 0) is 16.0 Å². The fraction of sp³-hybridized carbons (Fsp3) is 0.300. The molecule has 2 rings (SSSR count). The lowest BCUT2D eigenvalue weighted by molar-refractivity contribution is -0.141. The number of amides is 1. The Bertz CT molecular complexity index is 811. The first-order valence-electron chi connectivity index (χ1n) is 8.65. The van der Waals surface area contributed by atoms with Gasteiger partial charge in [0.25, 0.3) is 0 Å². The summed E-state index contributed by atoms with van der Waals surface area (Å²) in [5, 5.41) is 15.5. The number of carboxylic acids is 1. The van der Waals surface area contributed by atoms with Gasteiger partial charge in [0.2, 0.25) is 5.91 Å². The molecule has 8 heteroatoms. The van der Waals surface area contributed by atoms with E-state index in [2.05, 4.69) is 10.6 Å². The van der Waals surface area contributed by atoms with E-state index in [1.165, 1.54) is 0 Å². The minimum absolute atomic E-state index is 0.191. The van der Waals surface area contributed by atoms with Gasteiger partial charge >= 0.3 is 5.97 Å². The first-order chi connectivity index (χ1) is 13.4. The minimum Gasteiger partial charge on any atom is -0.493 e. The SMILES string of the molecule is COc1ccc(CCN[C@@H](CC(=O)Nc2ccc(Cl)cc2)C(=O)O)cc1OC. The molecule has 3 N–H and O–H groups in total. The van der Waals surface area contributed by atoms with Crippen LogP contribution in [0.2, 0.25) is 5.02 Å². The first-order valence-corrected chi connectivity index (χ1v) is 9.03. The third-order valence-electron chi connectivity index (χ3n) is 4.07. The van der Waals surface area contributed by atoms with Gasteiger partial charge in [-0.15, -0.1) is 0 Å². The van der Waals surface area contributed by atoms with Crippen molar-refractivity contribution in [1.82, 2.24) is 5.32 Å². The Hall–Kier alpha value is -2.77. The number of nitrogens with one attached hydrogen (secondary N) is 2. The lowest BCUT2D eigenvalue weighted by Gasteiger charge is -2.15. The van der Waals surface area contributed by atoms with E-state index >= 15 is 0 Å². The van der Waals surface area contributed by atoms with E-state index < -0.39 is 17.9 Å². The number of halogens is 1. The molecule has 0 unspecified atom stereocenters. The predicted octanol–water partition coefficient (Wildman–Crippen LogP) is 2.97. The van der Waals surface area contributed by atoms with Gasteiger partial charge < -0.3 is 25.2 Å². The van der Waals surface area contributed by atoms with Crippen molar-refractivity contribution in [3.8, 4) is 11.5 Å². The number of anilines is 1. The fourth-order valence-corrected chi connectivity index (χ4v) is 2.73. The molecule has 0 bridgehead atoms. The zero-order valence-corrected chi connectivity index (χ0v) is 16.5. The van der Waals surface area contributed by atoms with Crippen molar-refractivity contribution < 1.29 is 24.2 Å². The van der Waals surface area contributed by atoms with Crippen molar-refractivity contribution in [3.63, 3.8) is 0 Å². The van der Waals surface area contributed by atoms with Crippen LogP contribution in [-0.4, -0.2) is 43.8 Å². The van der Waals surface area contributed by atoms with Crippen LogP contribution < -0.4 is 20.1 Å². The van der Waals surface area contributed by atoms with Crippen LogP contribution in [0.4, 0.5) is 5.69 Å². The highest BCUT2D eigenvalue weighted by Gasteiger charge is 2.20. The Balaban J connectivity index is 1.88. The fourth-order valence-electron chi connectivity index (χ4n) is 2.60. The molecule has 1 amide bonds. The highest BCUT2D eigenvalue weighted by atomic mass is 35.5. The lowest BCUT2D eigenvalue weighted by Crippen LogP contribution is -2.40. The molecule has 0 saturated heterocycles. The van der Waals surface area contributed by atoms with Crippen molar-refractivity contribution in [1.29, 1.82) is 0 Å². The summed E-state index contributed by atoms with van der Waals surface area (Å²) in [6, 6.07) is 11.1. The molecule has 0 fully saturated rings. The molecule has 150 valence electrons. The quantitative estimate of drug-likeness (QED) is 0.561. The number of methoxy groups -OCH3 is 2. The van der Waals surface area contributed by atoms with Crippen LogP contribution in [0, 0.1) is 0 Å². The second-order valence-electron chi connectivity index (χ2n) is 6.04. The summed E-state index contributed by atoms with van der Waals surface area (Å²) in [5.41, 5.74) is 1.52. The maximum absolute atomic E-state index is 12.1. The molecule has 0 aliphatic rings. The molecule has 0 spiro atoms. The van der Waals surface area contributed by atoms with E-state index in [4.69, 9.17) is 21.1 Å². The van der Waals surface area contributed by atoms with E-state index in [1.54, 1.807) is 44.6 Å². The second-order valence-corrected chi connectivity index (χ2v) is 6.48. The maximum atomic E-state index is 12.1. The molecule has 1 atom stereocenters. The van der Waals surface area contributed by atoms with Gasteiger partial charge in [0.05, 0.1) is 20.6 Å². The van der Waals surface area contributed by atoms with Gasteiger partial charge in [-0.1, -0.05) is 17.7 Å². The minimum atomic E-state index is -1.08. The number of ether oxygens (including phenoxy) is 2. The standard InChI is InChI=1S/C20H23ClN2O5/c1-27-17-8-3-13(11-18(17)28-2)9-10-22-16(20(25)26)12-19(24)23-15-6-4-14(21)5-7-15/h3-8,11,16,22H,9-10,12H2,1-2H3,(H,23,24)(H,25,26)/t16-/m0/s1. The maximum Gasteiger partial charge on any atom is 0.321 e. The Morgan fingerprint density at radius 3 is 2.36 bits per heavy atom. The Kier molecular flexibility index (Phi) is 8.10. The molecule has 28 heavy (non-hydrogen) atoms. The normalized spacial score (nSPS) is 11.5. The van der Waals surface area contributed by atoms with Gasteiger partial charge in [-0.2, -0.15) is 0 Å². The molecule has 0 radical (unpaired) electrons. The monoisotopic (exact) mass is 406 g/mol. The van der Waals surface area contributed by atoms with Gasteiger partial charge in [0.1, 0.15) is 6.04 Å². The topological polar surface area (TPSA) is 96.9 Å². The number of aliphatic carboxylic acids is 1. The predicted molar refractivity (Wildman–Crippen MR) is 107 cm³/mol. The molecule has 0 aliphatic heterocycles. The largest absolute Gasteiger partial charge is 0.493 e. The molecule has 0 aromatic heterocycles. The summed E-state index contributed by atoms with van der Waals surface area (Å²) in [6.07, 6.45) is 0.382. The van der Waals surface area contributed by atoms with Gasteiger partial charge in [-0.3, -0.25) is 9.59 Å². The van der Waals surface area contributed by atoms with Crippen LogP contribution >= 0.6 is 11.6 Å². The molecule has 2 aromatic carbocycles. The third kappa shape index (κ3) is 6.44. The van der Waals surface area contributed by atoms with E-state index in [0.717, 1.165) is 5.56 Å². The highest BCUT2D eigenvalue weighted by Crippen LogP contribution is 2.27. The molecular formula is C20H23ClN2O5. The molecule has 0 aliphatic carbocycles. The Labute approximate surface area is 168 Å². The van der Waals surface area contributed by atoms with Crippen molar-refractivity contribution >= 4 is 29.2 Å². The number of carbonyl (C=O) groups excluding carboxylic acids is 1. The van der Waals surface area contributed by atoms with Gasteiger partial charge in [0, 0.05) is 10.7 Å². The van der Waals surface area contributed by atoms with Crippen LogP contribution in [0.15, 0.2) is 42.5 Å². The van der Waals surface area contributed by atoms with Crippen LogP contribution in [0.1, 0.15) is 12.0 Å². The number of hydrogen-bond donors (Lipinski definition) is 3. The van der Waals surface area contributed by atoms with Crippen molar-refractivity contribution in [3.05, 3.63) is 53.1 Å². The number of carbonyl (C=O) groups is 2. The molecule has 7 nitrogen and oxygen atoms in total. The van der Waals surface area contributed by atoms with E-state index in [-0.39, 0.29) is 6.42 Å². The van der Waals surface area contributed by atoms with Crippen LogP contribution in [0.3, 0.4) is 0 Å². The van der Waals surface area contributed by atoms with E-state index in [0.29, 0.717) is 35.2 Å². The van der Waals surface area contributed by atoms with Crippen molar-refractivity contribution in [2.45, 2.75) is 18.9 Å². The van der Waals surface area contributed by atoms with E-state index in [9.17, 15) is 14.7 Å². The molecular weight excluding hydrogens is 384 g/mol. The second kappa shape index (κ2) is 10.5.